The highest BCUT2D eigenvalue weighted by Crippen LogP contribution is 2.34. The molecule has 1 saturated heterocycles. The molecule has 6 nitrogen and oxygen atoms in total. The van der Waals surface area contributed by atoms with Gasteiger partial charge in [0.05, 0.1) is 14.2 Å². The number of aliphatic carboxylic acids is 1. The quantitative estimate of drug-likeness (QED) is 0.821. The van der Waals surface area contributed by atoms with Gasteiger partial charge in [0.1, 0.15) is 17.5 Å². The molecule has 1 aromatic carbocycles. The summed E-state index contributed by atoms with van der Waals surface area (Å²) in [6, 6.07) is 4.62. The lowest BCUT2D eigenvalue weighted by atomic mass is 10.0. The van der Waals surface area contributed by atoms with Crippen LogP contribution in [0.4, 0.5) is 0 Å². The molecule has 1 N–H and O–H groups in total. The summed E-state index contributed by atoms with van der Waals surface area (Å²) in [6.07, 6.45) is 2.69. The van der Waals surface area contributed by atoms with Gasteiger partial charge >= 0.3 is 5.97 Å². The second-order valence-corrected chi connectivity index (χ2v) is 6.63. The molecule has 0 aromatic heterocycles. The smallest absolute Gasteiger partial charge is 0.325 e. The Bertz CT molecular complexity index is 580. The third-order valence-corrected chi connectivity index (χ3v) is 4.95. The first-order valence-corrected chi connectivity index (χ1v) is 8.53. The van der Waals surface area contributed by atoms with Gasteiger partial charge in [-0.05, 0) is 37.0 Å². The highest BCUT2D eigenvalue weighted by molar-refractivity contribution is 5.77. The summed E-state index contributed by atoms with van der Waals surface area (Å²) < 4.78 is 10.7. The zero-order chi connectivity index (χ0) is 17.1. The predicted octanol–water partition coefficient (Wildman–Crippen LogP) is 1.86. The van der Waals surface area contributed by atoms with Crippen molar-refractivity contribution < 1.29 is 19.4 Å². The van der Waals surface area contributed by atoms with Crippen LogP contribution in [-0.4, -0.2) is 67.8 Å². The lowest BCUT2D eigenvalue weighted by Gasteiger charge is -2.38. The standard InChI is InChI=1S/C18H26N2O4/c1-23-14-5-6-16(24-2)15(11-14)17(18(21)22)20-9-7-19(8-10-20)12-13-3-4-13/h5-6,11,13,17H,3-4,7-10,12H2,1-2H3,(H,21,22)/t17-/m0/s1. The Morgan fingerprint density at radius 2 is 1.92 bits per heavy atom. The molecule has 0 radical (unpaired) electrons. The first-order chi connectivity index (χ1) is 11.6. The number of nitrogens with zero attached hydrogens (tertiary/aromatic N) is 2. The second kappa shape index (κ2) is 7.40. The molecule has 0 bridgehead atoms. The largest absolute Gasteiger partial charge is 0.497 e. The number of piperazine rings is 1. The fraction of sp³-hybridized carbons (Fsp3) is 0.611. The first-order valence-electron chi connectivity index (χ1n) is 8.53. The lowest BCUT2D eigenvalue weighted by molar-refractivity contribution is -0.144. The Morgan fingerprint density at radius 1 is 1.21 bits per heavy atom. The number of ether oxygens (including phenoxy) is 2. The van der Waals surface area contributed by atoms with Crippen molar-refractivity contribution in [2.75, 3.05) is 46.9 Å². The van der Waals surface area contributed by atoms with Crippen LogP contribution in [0.25, 0.3) is 0 Å². The fourth-order valence-corrected chi connectivity index (χ4v) is 3.41. The number of methoxy groups -OCH3 is 2. The van der Waals surface area contributed by atoms with Crippen molar-refractivity contribution in [1.82, 2.24) is 9.80 Å². The Labute approximate surface area is 143 Å². The third kappa shape index (κ3) is 3.82. The van der Waals surface area contributed by atoms with Crippen LogP contribution in [0.15, 0.2) is 18.2 Å². The van der Waals surface area contributed by atoms with Gasteiger partial charge in [-0.1, -0.05) is 0 Å². The van der Waals surface area contributed by atoms with E-state index < -0.39 is 12.0 Å². The Kier molecular flexibility index (Phi) is 5.26. The van der Waals surface area contributed by atoms with Gasteiger partial charge in [0.2, 0.25) is 0 Å². The molecular formula is C18H26N2O4. The molecule has 3 rings (SSSR count). The molecule has 132 valence electrons. The van der Waals surface area contributed by atoms with E-state index in [-0.39, 0.29) is 0 Å². The van der Waals surface area contributed by atoms with Gasteiger partial charge in [-0.3, -0.25) is 9.69 Å². The number of hydrogen-bond acceptors (Lipinski definition) is 5. The average Bonchev–Trinajstić information content (AvgIpc) is 3.40. The van der Waals surface area contributed by atoms with E-state index in [2.05, 4.69) is 4.90 Å². The maximum atomic E-state index is 12.0. The molecule has 0 amide bonds. The number of carboxylic acids is 1. The maximum absolute atomic E-state index is 12.0. The zero-order valence-electron chi connectivity index (χ0n) is 14.4. The summed E-state index contributed by atoms with van der Waals surface area (Å²) in [6.45, 7) is 4.52. The van der Waals surface area contributed by atoms with E-state index >= 15 is 0 Å². The van der Waals surface area contributed by atoms with E-state index in [1.165, 1.54) is 12.8 Å². The SMILES string of the molecule is COc1ccc(OC)c([C@@H](C(=O)O)N2CCN(CC3CC3)CC2)c1. The fourth-order valence-electron chi connectivity index (χ4n) is 3.41. The lowest BCUT2D eigenvalue weighted by Crippen LogP contribution is -2.49. The van der Waals surface area contributed by atoms with Crippen molar-refractivity contribution in [3.05, 3.63) is 23.8 Å². The van der Waals surface area contributed by atoms with Crippen molar-refractivity contribution in [2.24, 2.45) is 5.92 Å². The summed E-state index contributed by atoms with van der Waals surface area (Å²) in [5.41, 5.74) is 0.653. The summed E-state index contributed by atoms with van der Waals surface area (Å²) in [7, 11) is 3.15. The third-order valence-electron chi connectivity index (χ3n) is 4.95. The molecule has 24 heavy (non-hydrogen) atoms. The van der Waals surface area contributed by atoms with Crippen LogP contribution >= 0.6 is 0 Å². The zero-order valence-corrected chi connectivity index (χ0v) is 14.4. The van der Waals surface area contributed by atoms with Crippen LogP contribution in [0.2, 0.25) is 0 Å². The molecule has 1 saturated carbocycles. The van der Waals surface area contributed by atoms with Crippen LogP contribution in [0, 0.1) is 5.92 Å². The first kappa shape index (κ1) is 17.0. The summed E-state index contributed by atoms with van der Waals surface area (Å²) in [5.74, 6) is 1.25. The van der Waals surface area contributed by atoms with Crippen molar-refractivity contribution in [3.8, 4) is 11.5 Å². The minimum Gasteiger partial charge on any atom is -0.497 e. The van der Waals surface area contributed by atoms with Gasteiger partial charge in [0.15, 0.2) is 0 Å². The van der Waals surface area contributed by atoms with Gasteiger partial charge in [-0.15, -0.1) is 0 Å². The number of rotatable bonds is 7. The monoisotopic (exact) mass is 334 g/mol. The number of carbonyl (C=O) groups is 1. The number of hydrogen-bond donors (Lipinski definition) is 1. The maximum Gasteiger partial charge on any atom is 0.325 e. The summed E-state index contributed by atoms with van der Waals surface area (Å²) in [5, 5.41) is 9.83. The minimum atomic E-state index is -0.850. The molecule has 1 aliphatic heterocycles. The topological polar surface area (TPSA) is 62.2 Å². The molecule has 1 atom stereocenters. The molecule has 6 heteroatoms. The summed E-state index contributed by atoms with van der Waals surface area (Å²) in [4.78, 5) is 16.5. The molecular weight excluding hydrogens is 308 g/mol. The van der Waals surface area contributed by atoms with E-state index in [0.29, 0.717) is 17.1 Å². The van der Waals surface area contributed by atoms with Crippen LogP contribution in [0.3, 0.4) is 0 Å². The normalized spacial score (nSPS) is 20.6. The van der Waals surface area contributed by atoms with Gasteiger partial charge in [0.25, 0.3) is 0 Å². The van der Waals surface area contributed by atoms with Gasteiger partial charge in [0, 0.05) is 38.3 Å². The van der Waals surface area contributed by atoms with Crippen molar-refractivity contribution in [3.63, 3.8) is 0 Å². The predicted molar refractivity (Wildman–Crippen MR) is 90.7 cm³/mol. The van der Waals surface area contributed by atoms with E-state index in [0.717, 1.165) is 38.6 Å². The highest BCUT2D eigenvalue weighted by atomic mass is 16.5. The van der Waals surface area contributed by atoms with Crippen molar-refractivity contribution in [1.29, 1.82) is 0 Å². The van der Waals surface area contributed by atoms with Crippen LogP contribution < -0.4 is 9.47 Å². The van der Waals surface area contributed by atoms with E-state index in [4.69, 9.17) is 9.47 Å². The molecule has 2 aliphatic rings. The number of benzene rings is 1. The van der Waals surface area contributed by atoms with Gasteiger partial charge < -0.3 is 19.5 Å². The summed E-state index contributed by atoms with van der Waals surface area (Å²) >= 11 is 0. The second-order valence-electron chi connectivity index (χ2n) is 6.63. The van der Waals surface area contributed by atoms with Crippen LogP contribution in [-0.2, 0) is 4.79 Å². The van der Waals surface area contributed by atoms with Gasteiger partial charge in [-0.2, -0.15) is 0 Å². The highest BCUT2D eigenvalue weighted by Gasteiger charge is 2.34. The molecule has 1 aliphatic carbocycles. The molecule has 1 aromatic rings. The molecule has 0 spiro atoms. The molecule has 0 unspecified atom stereocenters. The van der Waals surface area contributed by atoms with E-state index in [1.807, 2.05) is 4.90 Å². The van der Waals surface area contributed by atoms with Crippen LogP contribution in [0.1, 0.15) is 24.4 Å². The Morgan fingerprint density at radius 3 is 2.46 bits per heavy atom. The van der Waals surface area contributed by atoms with Gasteiger partial charge in [-0.25, -0.2) is 0 Å². The minimum absolute atomic E-state index is 0.587. The Balaban J connectivity index is 1.76. The Hall–Kier alpha value is -1.79. The van der Waals surface area contributed by atoms with E-state index in [1.54, 1.807) is 32.4 Å². The number of carboxylic acid groups (broad SMARTS) is 1. The van der Waals surface area contributed by atoms with Crippen molar-refractivity contribution in [2.45, 2.75) is 18.9 Å². The average molecular weight is 334 g/mol. The molecule has 1 heterocycles. The van der Waals surface area contributed by atoms with Crippen molar-refractivity contribution >= 4 is 5.97 Å². The van der Waals surface area contributed by atoms with Crippen LogP contribution in [0.5, 0.6) is 11.5 Å². The van der Waals surface area contributed by atoms with E-state index in [9.17, 15) is 9.90 Å². The molecule has 2 fully saturated rings.